The Labute approximate surface area is 245 Å². The van der Waals surface area contributed by atoms with E-state index in [0.717, 1.165) is 30.5 Å². The van der Waals surface area contributed by atoms with Gasteiger partial charge >= 0.3 is 0 Å². The standard InChI is InChI=1S/C32H35N5O5/c33-21-32(22-6-2-1-3-7-22)13-16-36(17-14-32)31(41)26-9-5-15-35(26)18-19-42-27-10-4-8-23-24(27)20-37(30(23)40)25-11-12-28(38)34-29(25)39/h1-4,6-8,10,25-26H,5,9,11-20H2,(H,34,38,39)/t25?,26-/m0/s1. The maximum Gasteiger partial charge on any atom is 0.255 e. The van der Waals surface area contributed by atoms with Crippen LogP contribution in [-0.2, 0) is 26.3 Å². The van der Waals surface area contributed by atoms with Crippen molar-refractivity contribution in [2.45, 2.75) is 62.6 Å². The quantitative estimate of drug-likeness (QED) is 0.508. The number of benzene rings is 2. The van der Waals surface area contributed by atoms with Crippen LogP contribution in [0.4, 0.5) is 0 Å². The lowest BCUT2D eigenvalue weighted by molar-refractivity contribution is -0.138. The molecule has 4 heterocycles. The van der Waals surface area contributed by atoms with E-state index in [0.29, 0.717) is 56.8 Å². The number of nitriles is 1. The molecular formula is C32H35N5O5. The van der Waals surface area contributed by atoms with E-state index < -0.39 is 17.4 Å². The normalized spacial score (nSPS) is 23.8. The van der Waals surface area contributed by atoms with Gasteiger partial charge in [0.15, 0.2) is 0 Å². The van der Waals surface area contributed by atoms with Crippen LogP contribution in [-0.4, -0.2) is 83.2 Å². The van der Waals surface area contributed by atoms with Crippen molar-refractivity contribution < 1.29 is 23.9 Å². The molecule has 2 aromatic carbocycles. The fourth-order valence-electron chi connectivity index (χ4n) is 6.88. The summed E-state index contributed by atoms with van der Waals surface area (Å²) in [6.07, 6.45) is 3.51. The molecule has 4 amide bonds. The topological polar surface area (TPSA) is 123 Å². The Hall–Kier alpha value is -4.23. The predicted octanol–water partition coefficient (Wildman–Crippen LogP) is 2.37. The molecule has 10 nitrogen and oxygen atoms in total. The number of hydrogen-bond donors (Lipinski definition) is 1. The Bertz CT molecular complexity index is 1430. The molecule has 6 rings (SSSR count). The van der Waals surface area contributed by atoms with E-state index in [9.17, 15) is 24.4 Å². The molecule has 3 fully saturated rings. The second kappa shape index (κ2) is 11.6. The monoisotopic (exact) mass is 569 g/mol. The molecule has 0 aromatic heterocycles. The zero-order chi connectivity index (χ0) is 29.3. The summed E-state index contributed by atoms with van der Waals surface area (Å²) in [4.78, 5) is 56.2. The van der Waals surface area contributed by atoms with E-state index in [1.807, 2.05) is 41.3 Å². The van der Waals surface area contributed by atoms with E-state index in [2.05, 4.69) is 16.3 Å². The number of nitrogens with one attached hydrogen (secondary N) is 1. The van der Waals surface area contributed by atoms with Crippen molar-refractivity contribution in [3.8, 4) is 11.8 Å². The number of fused-ring (bicyclic) bond motifs is 1. The summed E-state index contributed by atoms with van der Waals surface area (Å²) in [7, 11) is 0. The Kier molecular flexibility index (Phi) is 7.69. The van der Waals surface area contributed by atoms with Crippen LogP contribution in [0.2, 0.25) is 0 Å². The number of amides is 4. The molecule has 3 saturated heterocycles. The molecular weight excluding hydrogens is 534 g/mol. The summed E-state index contributed by atoms with van der Waals surface area (Å²) in [6, 6.07) is 16.9. The number of likely N-dealkylation sites (tertiary alicyclic amines) is 2. The van der Waals surface area contributed by atoms with Crippen LogP contribution >= 0.6 is 0 Å². The Morgan fingerprint density at radius 3 is 2.55 bits per heavy atom. The predicted molar refractivity (Wildman–Crippen MR) is 152 cm³/mol. The number of ether oxygens (including phenoxy) is 1. The first-order chi connectivity index (χ1) is 20.4. The van der Waals surface area contributed by atoms with Crippen molar-refractivity contribution >= 4 is 23.6 Å². The Morgan fingerprint density at radius 1 is 1.02 bits per heavy atom. The Balaban J connectivity index is 1.05. The summed E-state index contributed by atoms with van der Waals surface area (Å²) in [6.45, 7) is 3.13. The molecule has 0 bridgehead atoms. The summed E-state index contributed by atoms with van der Waals surface area (Å²) in [5.74, 6) is -0.261. The highest BCUT2D eigenvalue weighted by Gasteiger charge is 2.42. The van der Waals surface area contributed by atoms with Crippen molar-refractivity contribution in [2.75, 3.05) is 32.8 Å². The smallest absolute Gasteiger partial charge is 0.255 e. The summed E-state index contributed by atoms with van der Waals surface area (Å²) >= 11 is 0. The van der Waals surface area contributed by atoms with Crippen LogP contribution < -0.4 is 10.1 Å². The Morgan fingerprint density at radius 2 is 1.81 bits per heavy atom. The molecule has 0 spiro atoms. The maximum atomic E-state index is 13.6. The largest absolute Gasteiger partial charge is 0.492 e. The first kappa shape index (κ1) is 27.9. The van der Waals surface area contributed by atoms with E-state index in [1.54, 1.807) is 12.1 Å². The third-order valence-electron chi connectivity index (χ3n) is 9.29. The van der Waals surface area contributed by atoms with Gasteiger partial charge in [-0.3, -0.25) is 29.4 Å². The van der Waals surface area contributed by atoms with Crippen LogP contribution in [0.3, 0.4) is 0 Å². The molecule has 42 heavy (non-hydrogen) atoms. The second-order valence-electron chi connectivity index (χ2n) is 11.6. The van der Waals surface area contributed by atoms with Gasteiger partial charge in [0.1, 0.15) is 18.4 Å². The SMILES string of the molecule is N#CC1(c2ccccc2)CCN(C(=O)[C@@H]2CCCN2CCOc2cccc3c2CN(C2CCC(=O)NC2=O)C3=O)CC1. The van der Waals surface area contributed by atoms with E-state index in [1.165, 1.54) is 4.90 Å². The third kappa shape index (κ3) is 5.13. The van der Waals surface area contributed by atoms with Gasteiger partial charge in [0.05, 0.1) is 24.1 Å². The van der Waals surface area contributed by atoms with E-state index in [4.69, 9.17) is 4.74 Å². The van der Waals surface area contributed by atoms with Crippen LogP contribution in [0, 0.1) is 11.3 Å². The zero-order valence-electron chi connectivity index (χ0n) is 23.6. The minimum atomic E-state index is -0.674. The van der Waals surface area contributed by atoms with Crippen molar-refractivity contribution in [2.24, 2.45) is 0 Å². The number of nitrogens with zero attached hydrogens (tertiary/aromatic N) is 4. The summed E-state index contributed by atoms with van der Waals surface area (Å²) in [5, 5.41) is 12.3. The number of imide groups is 1. The number of rotatable bonds is 7. The summed E-state index contributed by atoms with van der Waals surface area (Å²) < 4.78 is 6.17. The highest BCUT2D eigenvalue weighted by molar-refractivity contribution is 6.05. The van der Waals surface area contributed by atoms with Gasteiger partial charge < -0.3 is 14.5 Å². The highest BCUT2D eigenvalue weighted by Crippen LogP contribution is 2.36. The number of carbonyl (C=O) groups is 4. The van der Waals surface area contributed by atoms with Gasteiger partial charge in [-0.25, -0.2) is 0 Å². The summed E-state index contributed by atoms with van der Waals surface area (Å²) in [5.41, 5.74) is 1.73. The lowest BCUT2D eigenvalue weighted by Gasteiger charge is -2.39. The van der Waals surface area contributed by atoms with Gasteiger partial charge in [0.25, 0.3) is 5.91 Å². The van der Waals surface area contributed by atoms with Gasteiger partial charge in [-0.2, -0.15) is 5.26 Å². The average molecular weight is 570 g/mol. The fraction of sp³-hybridized carbons (Fsp3) is 0.469. The van der Waals surface area contributed by atoms with Crippen LogP contribution in [0.1, 0.15) is 60.0 Å². The lowest BCUT2D eigenvalue weighted by atomic mass is 9.74. The van der Waals surface area contributed by atoms with Crippen LogP contribution in [0.25, 0.3) is 0 Å². The van der Waals surface area contributed by atoms with Crippen molar-refractivity contribution in [1.29, 1.82) is 5.26 Å². The maximum absolute atomic E-state index is 13.6. The molecule has 1 N–H and O–H groups in total. The lowest BCUT2D eigenvalue weighted by Crippen LogP contribution is -2.52. The van der Waals surface area contributed by atoms with E-state index in [-0.39, 0.29) is 36.7 Å². The first-order valence-corrected chi connectivity index (χ1v) is 14.8. The van der Waals surface area contributed by atoms with Crippen LogP contribution in [0.15, 0.2) is 48.5 Å². The van der Waals surface area contributed by atoms with Crippen LogP contribution in [0.5, 0.6) is 5.75 Å². The number of carbonyl (C=O) groups excluding carboxylic acids is 4. The van der Waals surface area contributed by atoms with Crippen molar-refractivity contribution in [3.63, 3.8) is 0 Å². The van der Waals surface area contributed by atoms with E-state index >= 15 is 0 Å². The first-order valence-electron chi connectivity index (χ1n) is 14.8. The molecule has 4 aliphatic rings. The van der Waals surface area contributed by atoms with Gasteiger partial charge in [-0.15, -0.1) is 0 Å². The highest BCUT2D eigenvalue weighted by atomic mass is 16.5. The molecule has 218 valence electrons. The minimum absolute atomic E-state index is 0.123. The molecule has 1 unspecified atom stereocenters. The van der Waals surface area contributed by atoms with Gasteiger partial charge in [0.2, 0.25) is 17.7 Å². The molecule has 10 heteroatoms. The zero-order valence-corrected chi connectivity index (χ0v) is 23.6. The molecule has 2 atom stereocenters. The molecule has 2 aromatic rings. The van der Waals surface area contributed by atoms with Gasteiger partial charge in [-0.05, 0) is 56.3 Å². The minimum Gasteiger partial charge on any atom is -0.492 e. The molecule has 0 saturated carbocycles. The van der Waals surface area contributed by atoms with Crippen molar-refractivity contribution in [3.05, 3.63) is 65.2 Å². The second-order valence-corrected chi connectivity index (χ2v) is 11.6. The average Bonchev–Trinajstić information content (AvgIpc) is 3.62. The van der Waals surface area contributed by atoms with Gasteiger partial charge in [0, 0.05) is 37.2 Å². The fourth-order valence-corrected chi connectivity index (χ4v) is 6.88. The third-order valence-corrected chi connectivity index (χ3v) is 9.29. The molecule has 0 aliphatic carbocycles. The molecule has 0 radical (unpaired) electrons. The van der Waals surface area contributed by atoms with Gasteiger partial charge in [-0.1, -0.05) is 36.4 Å². The molecule has 4 aliphatic heterocycles. The number of hydrogen-bond acceptors (Lipinski definition) is 7. The van der Waals surface area contributed by atoms with Crippen molar-refractivity contribution in [1.82, 2.24) is 20.0 Å². The number of piperidine rings is 2.